The number of rotatable bonds is 4. The molecule has 0 aliphatic heterocycles. The van der Waals surface area contributed by atoms with E-state index >= 15 is 0 Å². The van der Waals surface area contributed by atoms with Gasteiger partial charge in [-0.1, -0.05) is 12.1 Å². The van der Waals surface area contributed by atoms with Crippen LogP contribution in [-0.4, -0.2) is 4.92 Å². The number of nitro groups is 1. The smallest absolute Gasteiger partial charge is 0.276 e. The second-order valence-corrected chi connectivity index (χ2v) is 5.05. The summed E-state index contributed by atoms with van der Waals surface area (Å²) in [6.07, 6.45) is 0. The highest BCUT2D eigenvalue weighted by atomic mass is 79.9. The van der Waals surface area contributed by atoms with Gasteiger partial charge in [-0.2, -0.15) is 0 Å². The number of hydrogen-bond donors (Lipinski definition) is 0. The van der Waals surface area contributed by atoms with Gasteiger partial charge in [0, 0.05) is 6.07 Å². The van der Waals surface area contributed by atoms with Crippen LogP contribution in [0.3, 0.4) is 0 Å². The molecular weight excluding hydrogens is 329 g/mol. The van der Waals surface area contributed by atoms with Crippen LogP contribution in [0.25, 0.3) is 0 Å². The molecule has 0 bridgehead atoms. The third kappa shape index (κ3) is 3.14. The zero-order valence-corrected chi connectivity index (χ0v) is 12.2. The van der Waals surface area contributed by atoms with Crippen molar-refractivity contribution in [1.29, 1.82) is 0 Å². The van der Waals surface area contributed by atoms with E-state index in [2.05, 4.69) is 15.9 Å². The van der Waals surface area contributed by atoms with Crippen molar-refractivity contribution in [2.75, 3.05) is 0 Å². The molecule has 2 rings (SSSR count). The Morgan fingerprint density at radius 1 is 1.35 bits per heavy atom. The van der Waals surface area contributed by atoms with E-state index in [0.717, 1.165) is 5.56 Å². The first-order chi connectivity index (χ1) is 9.49. The standard InChI is InChI=1S/C14H11BrFNO3/c1-9-13(17(18)19)3-2-4-14(9)20-8-10-5-6-12(16)11(15)7-10/h2-7H,8H2,1H3. The van der Waals surface area contributed by atoms with Crippen molar-refractivity contribution in [3.05, 3.63) is 67.9 Å². The van der Waals surface area contributed by atoms with Crippen molar-refractivity contribution in [3.63, 3.8) is 0 Å². The maximum atomic E-state index is 13.1. The summed E-state index contributed by atoms with van der Waals surface area (Å²) in [5.74, 6) is 0.0972. The lowest BCUT2D eigenvalue weighted by Gasteiger charge is -2.09. The maximum absolute atomic E-state index is 13.1. The molecule has 104 valence electrons. The van der Waals surface area contributed by atoms with Crippen LogP contribution < -0.4 is 4.74 Å². The van der Waals surface area contributed by atoms with E-state index in [4.69, 9.17) is 4.74 Å². The fraction of sp³-hybridized carbons (Fsp3) is 0.143. The molecule has 0 amide bonds. The molecule has 0 aliphatic rings. The van der Waals surface area contributed by atoms with E-state index in [1.165, 1.54) is 12.1 Å². The van der Waals surface area contributed by atoms with Gasteiger partial charge in [0.05, 0.1) is 15.0 Å². The first kappa shape index (κ1) is 14.5. The molecule has 0 aromatic heterocycles. The van der Waals surface area contributed by atoms with Crippen LogP contribution in [0.1, 0.15) is 11.1 Å². The van der Waals surface area contributed by atoms with Gasteiger partial charge in [0.25, 0.3) is 5.69 Å². The SMILES string of the molecule is Cc1c(OCc2ccc(F)c(Br)c2)cccc1[N+](=O)[O-]. The second-order valence-electron chi connectivity index (χ2n) is 4.19. The summed E-state index contributed by atoms with van der Waals surface area (Å²) in [5, 5.41) is 10.8. The maximum Gasteiger partial charge on any atom is 0.276 e. The molecule has 6 heteroatoms. The van der Waals surface area contributed by atoms with Crippen LogP contribution in [-0.2, 0) is 6.61 Å². The number of ether oxygens (including phenoxy) is 1. The van der Waals surface area contributed by atoms with E-state index in [9.17, 15) is 14.5 Å². The molecule has 0 spiro atoms. The van der Waals surface area contributed by atoms with Crippen LogP contribution in [0.15, 0.2) is 40.9 Å². The number of nitro benzene ring substituents is 1. The van der Waals surface area contributed by atoms with Gasteiger partial charge in [-0.3, -0.25) is 10.1 Å². The van der Waals surface area contributed by atoms with Gasteiger partial charge in [-0.05, 0) is 46.6 Å². The summed E-state index contributed by atoms with van der Waals surface area (Å²) in [6.45, 7) is 1.84. The minimum absolute atomic E-state index is 0.0165. The van der Waals surface area contributed by atoms with Crippen LogP contribution in [0.4, 0.5) is 10.1 Å². The Bertz CT molecular complexity index is 661. The zero-order chi connectivity index (χ0) is 14.7. The third-order valence-corrected chi connectivity index (χ3v) is 3.44. The molecule has 0 unspecified atom stereocenters. The van der Waals surface area contributed by atoms with Crippen LogP contribution >= 0.6 is 15.9 Å². The van der Waals surface area contributed by atoms with Crippen molar-refractivity contribution in [2.24, 2.45) is 0 Å². The highest BCUT2D eigenvalue weighted by Crippen LogP contribution is 2.28. The monoisotopic (exact) mass is 339 g/mol. The molecule has 0 saturated heterocycles. The molecule has 0 saturated carbocycles. The van der Waals surface area contributed by atoms with Crippen LogP contribution in [0.5, 0.6) is 5.75 Å². The lowest BCUT2D eigenvalue weighted by molar-refractivity contribution is -0.385. The lowest BCUT2D eigenvalue weighted by Crippen LogP contribution is -1.99. The molecular formula is C14H11BrFNO3. The minimum Gasteiger partial charge on any atom is -0.488 e. The second kappa shape index (κ2) is 6.00. The van der Waals surface area contributed by atoms with E-state index in [0.29, 0.717) is 15.8 Å². The molecule has 0 atom stereocenters. The Morgan fingerprint density at radius 3 is 2.75 bits per heavy atom. The van der Waals surface area contributed by atoms with Gasteiger partial charge in [-0.25, -0.2) is 4.39 Å². The van der Waals surface area contributed by atoms with Gasteiger partial charge in [0.2, 0.25) is 0 Å². The Labute approximate surface area is 123 Å². The fourth-order valence-corrected chi connectivity index (χ4v) is 2.17. The van der Waals surface area contributed by atoms with Crippen molar-refractivity contribution in [3.8, 4) is 5.75 Å². The summed E-state index contributed by atoms with van der Waals surface area (Å²) in [6, 6.07) is 9.22. The van der Waals surface area contributed by atoms with E-state index in [-0.39, 0.29) is 18.1 Å². The largest absolute Gasteiger partial charge is 0.488 e. The molecule has 0 fully saturated rings. The molecule has 2 aromatic carbocycles. The predicted octanol–water partition coefficient (Wildman–Crippen LogP) is 4.38. The summed E-state index contributed by atoms with van der Waals surface area (Å²) < 4.78 is 19.0. The van der Waals surface area contributed by atoms with E-state index in [1.54, 1.807) is 31.2 Å². The first-order valence-corrected chi connectivity index (χ1v) is 6.59. The highest BCUT2D eigenvalue weighted by molar-refractivity contribution is 9.10. The summed E-state index contributed by atoms with van der Waals surface area (Å²) in [7, 11) is 0. The fourth-order valence-electron chi connectivity index (χ4n) is 1.75. The number of hydrogen-bond acceptors (Lipinski definition) is 3. The van der Waals surface area contributed by atoms with Crippen molar-refractivity contribution < 1.29 is 14.1 Å². The zero-order valence-electron chi connectivity index (χ0n) is 10.6. The van der Waals surface area contributed by atoms with Crippen molar-refractivity contribution in [2.45, 2.75) is 13.5 Å². The Hall–Kier alpha value is -1.95. The number of halogens is 2. The molecule has 0 heterocycles. The van der Waals surface area contributed by atoms with Gasteiger partial charge in [-0.15, -0.1) is 0 Å². The van der Waals surface area contributed by atoms with E-state index in [1.807, 2.05) is 0 Å². The van der Waals surface area contributed by atoms with Crippen molar-refractivity contribution >= 4 is 21.6 Å². The van der Waals surface area contributed by atoms with E-state index < -0.39 is 4.92 Å². The number of nitrogens with zero attached hydrogens (tertiary/aromatic N) is 1. The van der Waals surface area contributed by atoms with Gasteiger partial charge < -0.3 is 4.74 Å². The molecule has 4 nitrogen and oxygen atoms in total. The first-order valence-electron chi connectivity index (χ1n) is 5.80. The van der Waals surface area contributed by atoms with Crippen LogP contribution in [0, 0.1) is 22.9 Å². The normalized spacial score (nSPS) is 10.3. The Morgan fingerprint density at radius 2 is 2.10 bits per heavy atom. The van der Waals surface area contributed by atoms with Gasteiger partial charge in [0.1, 0.15) is 18.2 Å². The van der Waals surface area contributed by atoms with Gasteiger partial charge in [0.15, 0.2) is 0 Å². The number of benzene rings is 2. The van der Waals surface area contributed by atoms with Crippen LogP contribution in [0.2, 0.25) is 0 Å². The minimum atomic E-state index is -0.448. The Balaban J connectivity index is 2.17. The third-order valence-electron chi connectivity index (χ3n) is 2.83. The summed E-state index contributed by atoms with van der Waals surface area (Å²) >= 11 is 3.10. The molecule has 2 aromatic rings. The average Bonchev–Trinajstić information content (AvgIpc) is 2.41. The highest BCUT2D eigenvalue weighted by Gasteiger charge is 2.14. The topological polar surface area (TPSA) is 52.4 Å². The molecule has 0 aliphatic carbocycles. The molecule has 0 N–H and O–H groups in total. The quantitative estimate of drug-likeness (QED) is 0.613. The van der Waals surface area contributed by atoms with Gasteiger partial charge >= 0.3 is 0 Å². The van der Waals surface area contributed by atoms with Crippen molar-refractivity contribution in [1.82, 2.24) is 0 Å². The molecule has 20 heavy (non-hydrogen) atoms. The summed E-state index contributed by atoms with van der Waals surface area (Å²) in [5.41, 5.74) is 1.26. The Kier molecular flexibility index (Phi) is 4.34. The molecule has 0 radical (unpaired) electrons. The average molecular weight is 340 g/mol. The predicted molar refractivity (Wildman–Crippen MR) is 76.3 cm³/mol. The lowest BCUT2D eigenvalue weighted by atomic mass is 10.2. The summed E-state index contributed by atoms with van der Waals surface area (Å²) in [4.78, 5) is 10.4.